The molecule has 5 nitrogen and oxygen atoms in total. The summed E-state index contributed by atoms with van der Waals surface area (Å²) < 4.78 is 11.6. The van der Waals surface area contributed by atoms with Gasteiger partial charge in [0, 0.05) is 43.1 Å². The van der Waals surface area contributed by atoms with Crippen LogP contribution in [-0.2, 0) is 10.3 Å². The molecule has 2 aliphatic heterocycles. The van der Waals surface area contributed by atoms with Crippen molar-refractivity contribution in [3.8, 4) is 5.75 Å². The van der Waals surface area contributed by atoms with Crippen LogP contribution in [0.2, 0.25) is 0 Å². The monoisotopic (exact) mass is 410 g/mol. The average molecular weight is 411 g/mol. The SMILES string of the molecule is CC(C)c1ccc([C@](O)(c2cncc(OC3CCOCC3)c2)C2(C)CN(C)C2)cc1. The zero-order valence-corrected chi connectivity index (χ0v) is 18.6. The predicted molar refractivity (Wildman–Crippen MR) is 118 cm³/mol. The molecule has 0 amide bonds. The Morgan fingerprint density at radius 3 is 2.40 bits per heavy atom. The molecule has 0 radical (unpaired) electrons. The Balaban J connectivity index is 1.70. The molecule has 2 fully saturated rings. The number of ether oxygens (including phenoxy) is 2. The number of pyridine rings is 1. The number of nitrogens with zero attached hydrogens (tertiary/aromatic N) is 2. The molecule has 4 rings (SSSR count). The van der Waals surface area contributed by atoms with Gasteiger partial charge in [-0.3, -0.25) is 4.98 Å². The van der Waals surface area contributed by atoms with Crippen molar-refractivity contribution in [1.29, 1.82) is 0 Å². The van der Waals surface area contributed by atoms with Gasteiger partial charge in [-0.25, -0.2) is 0 Å². The summed E-state index contributed by atoms with van der Waals surface area (Å²) in [6, 6.07) is 10.4. The Bertz CT molecular complexity index is 855. The molecular formula is C25H34N2O3. The molecule has 2 aliphatic rings. The lowest BCUT2D eigenvalue weighted by Crippen LogP contribution is -2.63. The van der Waals surface area contributed by atoms with Gasteiger partial charge in [-0.05, 0) is 30.2 Å². The van der Waals surface area contributed by atoms with Crippen molar-refractivity contribution in [3.63, 3.8) is 0 Å². The lowest BCUT2D eigenvalue weighted by Gasteiger charge is -2.55. The Labute approximate surface area is 180 Å². The first-order valence-electron chi connectivity index (χ1n) is 11.0. The van der Waals surface area contributed by atoms with Crippen molar-refractivity contribution in [3.05, 3.63) is 59.4 Å². The fraction of sp³-hybridized carbons (Fsp3) is 0.560. The Morgan fingerprint density at radius 1 is 1.13 bits per heavy atom. The van der Waals surface area contributed by atoms with Crippen molar-refractivity contribution in [1.82, 2.24) is 9.88 Å². The molecular weight excluding hydrogens is 376 g/mol. The molecule has 0 aliphatic carbocycles. The summed E-state index contributed by atoms with van der Waals surface area (Å²) in [7, 11) is 2.09. The number of aliphatic hydroxyl groups is 1. The molecule has 0 bridgehead atoms. The lowest BCUT2D eigenvalue weighted by molar-refractivity contribution is -0.127. The van der Waals surface area contributed by atoms with Gasteiger partial charge in [0.25, 0.3) is 0 Å². The van der Waals surface area contributed by atoms with E-state index in [2.05, 4.69) is 62.0 Å². The highest BCUT2D eigenvalue weighted by molar-refractivity contribution is 5.43. The van der Waals surface area contributed by atoms with Gasteiger partial charge in [0.1, 0.15) is 17.5 Å². The molecule has 1 atom stereocenters. The third-order valence-corrected chi connectivity index (χ3v) is 6.71. The lowest BCUT2D eigenvalue weighted by atomic mass is 9.62. The van der Waals surface area contributed by atoms with Crippen molar-refractivity contribution >= 4 is 0 Å². The second-order valence-electron chi connectivity index (χ2n) is 9.56. The van der Waals surface area contributed by atoms with Crippen LogP contribution in [0.25, 0.3) is 0 Å². The van der Waals surface area contributed by atoms with Gasteiger partial charge in [-0.15, -0.1) is 0 Å². The van der Waals surface area contributed by atoms with Gasteiger partial charge >= 0.3 is 0 Å². The van der Waals surface area contributed by atoms with Crippen molar-refractivity contribution in [2.45, 2.75) is 51.2 Å². The maximum atomic E-state index is 12.3. The minimum atomic E-state index is -1.14. The molecule has 30 heavy (non-hydrogen) atoms. The normalized spacial score (nSPS) is 21.8. The second kappa shape index (κ2) is 8.29. The van der Waals surface area contributed by atoms with E-state index in [-0.39, 0.29) is 11.5 Å². The molecule has 2 aromatic rings. The number of hydrogen-bond acceptors (Lipinski definition) is 5. The molecule has 1 aromatic carbocycles. The molecule has 162 valence electrons. The summed E-state index contributed by atoms with van der Waals surface area (Å²) in [5.74, 6) is 1.17. The molecule has 0 saturated carbocycles. The zero-order chi connectivity index (χ0) is 21.4. The summed E-state index contributed by atoms with van der Waals surface area (Å²) >= 11 is 0. The summed E-state index contributed by atoms with van der Waals surface area (Å²) in [6.45, 7) is 9.63. The van der Waals surface area contributed by atoms with Gasteiger partial charge in [0.2, 0.25) is 0 Å². The van der Waals surface area contributed by atoms with Crippen LogP contribution in [0.15, 0.2) is 42.7 Å². The standard InChI is InChI=1S/C25H34N2O3/c1-18(2)19-5-7-20(8-6-19)25(28,24(3)16-27(4)17-24)21-13-23(15-26-14-21)30-22-9-11-29-12-10-22/h5-8,13-15,18,22,28H,9-12,16-17H2,1-4H3/t25-/m0/s1. The maximum absolute atomic E-state index is 12.3. The number of aromatic nitrogens is 1. The second-order valence-corrected chi connectivity index (χ2v) is 9.56. The van der Waals surface area contributed by atoms with E-state index in [4.69, 9.17) is 9.47 Å². The van der Waals surface area contributed by atoms with Crippen molar-refractivity contribution < 1.29 is 14.6 Å². The van der Waals surface area contributed by atoms with Gasteiger partial charge in [-0.2, -0.15) is 0 Å². The number of rotatable bonds is 6. The molecule has 0 spiro atoms. The van der Waals surface area contributed by atoms with Crippen molar-refractivity contribution in [2.75, 3.05) is 33.4 Å². The highest BCUT2D eigenvalue weighted by atomic mass is 16.5. The van der Waals surface area contributed by atoms with E-state index in [1.807, 2.05) is 6.07 Å². The average Bonchev–Trinajstić information content (AvgIpc) is 2.73. The highest BCUT2D eigenvalue weighted by Gasteiger charge is 2.55. The summed E-state index contributed by atoms with van der Waals surface area (Å²) in [6.07, 6.45) is 5.44. The fourth-order valence-electron chi connectivity index (χ4n) is 5.01. The summed E-state index contributed by atoms with van der Waals surface area (Å²) in [5, 5.41) is 12.3. The van der Waals surface area contributed by atoms with E-state index in [9.17, 15) is 5.11 Å². The molecule has 1 N–H and O–H groups in total. The number of hydrogen-bond donors (Lipinski definition) is 1. The maximum Gasteiger partial charge on any atom is 0.138 e. The van der Waals surface area contributed by atoms with Gasteiger partial charge < -0.3 is 19.5 Å². The molecule has 1 aromatic heterocycles. The minimum absolute atomic E-state index is 0.139. The third-order valence-electron chi connectivity index (χ3n) is 6.71. The quantitative estimate of drug-likeness (QED) is 0.781. The van der Waals surface area contributed by atoms with E-state index in [1.165, 1.54) is 5.56 Å². The smallest absolute Gasteiger partial charge is 0.138 e. The summed E-state index contributed by atoms with van der Waals surface area (Å²) in [5.41, 5.74) is 1.52. The molecule has 5 heteroatoms. The van der Waals surface area contributed by atoms with E-state index in [0.717, 1.165) is 50.3 Å². The Morgan fingerprint density at radius 2 is 1.80 bits per heavy atom. The van der Waals surface area contributed by atoms with Gasteiger partial charge in [0.05, 0.1) is 19.4 Å². The van der Waals surface area contributed by atoms with Crippen LogP contribution >= 0.6 is 0 Å². The molecule has 3 heterocycles. The van der Waals surface area contributed by atoms with Crippen LogP contribution in [0.1, 0.15) is 56.2 Å². The highest BCUT2D eigenvalue weighted by Crippen LogP contribution is 2.50. The minimum Gasteiger partial charge on any atom is -0.489 e. The third kappa shape index (κ3) is 3.86. The number of likely N-dealkylation sites (tertiary alicyclic amines) is 1. The van der Waals surface area contributed by atoms with Crippen LogP contribution < -0.4 is 4.74 Å². The summed E-state index contributed by atoms with van der Waals surface area (Å²) in [4.78, 5) is 6.69. The van der Waals surface area contributed by atoms with Crippen LogP contribution in [0.5, 0.6) is 5.75 Å². The Kier molecular flexibility index (Phi) is 5.88. The molecule has 0 unspecified atom stereocenters. The van der Waals surface area contributed by atoms with Crippen LogP contribution in [0, 0.1) is 5.41 Å². The van der Waals surface area contributed by atoms with E-state index in [0.29, 0.717) is 11.7 Å². The largest absolute Gasteiger partial charge is 0.489 e. The van der Waals surface area contributed by atoms with Crippen LogP contribution in [0.4, 0.5) is 0 Å². The fourth-order valence-corrected chi connectivity index (χ4v) is 5.01. The van der Waals surface area contributed by atoms with Gasteiger partial charge in [0.15, 0.2) is 0 Å². The van der Waals surface area contributed by atoms with Gasteiger partial charge in [-0.1, -0.05) is 45.0 Å². The van der Waals surface area contributed by atoms with E-state index >= 15 is 0 Å². The Hall–Kier alpha value is -1.95. The first-order chi connectivity index (χ1) is 14.3. The van der Waals surface area contributed by atoms with Crippen molar-refractivity contribution in [2.24, 2.45) is 5.41 Å². The first-order valence-corrected chi connectivity index (χ1v) is 11.0. The first kappa shape index (κ1) is 21.3. The predicted octanol–water partition coefficient (Wildman–Crippen LogP) is 3.95. The van der Waals surface area contributed by atoms with E-state index in [1.54, 1.807) is 12.4 Å². The molecule has 2 saturated heterocycles. The van der Waals surface area contributed by atoms with Crippen LogP contribution in [-0.4, -0.2) is 54.4 Å². The van der Waals surface area contributed by atoms with E-state index < -0.39 is 5.60 Å². The number of benzene rings is 1. The van der Waals surface area contributed by atoms with Crippen LogP contribution in [0.3, 0.4) is 0 Å². The topological polar surface area (TPSA) is 54.8 Å². The zero-order valence-electron chi connectivity index (χ0n) is 18.6.